The van der Waals surface area contributed by atoms with Gasteiger partial charge in [0.05, 0.1) is 18.3 Å². The Kier molecular flexibility index (Phi) is 8.18. The van der Waals surface area contributed by atoms with Gasteiger partial charge in [0.1, 0.15) is 12.4 Å². The Morgan fingerprint density at radius 1 is 1.00 bits per heavy atom. The number of halogens is 2. The normalized spacial score (nSPS) is 11.4. The molecule has 1 amide bonds. The summed E-state index contributed by atoms with van der Waals surface area (Å²) in [4.78, 5) is 13.2. The van der Waals surface area contributed by atoms with Crippen molar-refractivity contribution in [2.45, 2.75) is 12.2 Å². The van der Waals surface area contributed by atoms with E-state index >= 15 is 0 Å². The highest BCUT2D eigenvalue weighted by Crippen LogP contribution is 2.37. The van der Waals surface area contributed by atoms with Crippen molar-refractivity contribution in [3.05, 3.63) is 130 Å². The molecule has 0 atom stereocenters. The second-order valence-electron chi connectivity index (χ2n) is 8.06. The summed E-state index contributed by atoms with van der Waals surface area (Å²) in [6, 6.07) is 26.7. The van der Waals surface area contributed by atoms with Crippen LogP contribution in [0.1, 0.15) is 22.3 Å². The molecule has 0 saturated heterocycles. The van der Waals surface area contributed by atoms with Crippen molar-refractivity contribution in [1.82, 2.24) is 5.43 Å². The predicted octanol–water partition coefficient (Wildman–Crippen LogP) is 5.45. The molecule has 0 aliphatic carbocycles. The Balaban J connectivity index is 1.53. The molecule has 0 bridgehead atoms. The summed E-state index contributed by atoms with van der Waals surface area (Å²) in [5.41, 5.74) is 2.13. The molecule has 0 heterocycles. The zero-order chi connectivity index (χ0) is 26.3. The van der Waals surface area contributed by atoms with Crippen LogP contribution in [0.3, 0.4) is 0 Å². The summed E-state index contributed by atoms with van der Waals surface area (Å²) in [6.45, 7) is -0.0379. The molecular weight excluding hydrogens is 495 g/mol. The number of hydrogen-bond donors (Lipinski definition) is 2. The lowest BCUT2D eigenvalue weighted by molar-refractivity contribution is -0.136. The van der Waals surface area contributed by atoms with Crippen LogP contribution in [-0.2, 0) is 17.0 Å². The van der Waals surface area contributed by atoms with Crippen molar-refractivity contribution >= 4 is 23.7 Å². The van der Waals surface area contributed by atoms with E-state index in [-0.39, 0.29) is 23.2 Å². The number of benzene rings is 4. The SMILES string of the molecule is COc1cc(/C=N\NC(=O)C(O)(c2ccccc2)c2ccccc2)cc(Cl)c1OCc1ccccc1F. The highest BCUT2D eigenvalue weighted by Gasteiger charge is 2.39. The molecule has 4 rings (SSSR count). The molecule has 0 spiro atoms. The van der Waals surface area contributed by atoms with Gasteiger partial charge in [-0.15, -0.1) is 0 Å². The van der Waals surface area contributed by atoms with Crippen LogP contribution in [0, 0.1) is 5.82 Å². The molecular formula is C29H24ClFN2O4. The second kappa shape index (κ2) is 11.7. The van der Waals surface area contributed by atoms with Crippen LogP contribution in [0.2, 0.25) is 5.02 Å². The van der Waals surface area contributed by atoms with Crippen LogP contribution in [0.25, 0.3) is 0 Å². The number of methoxy groups -OCH3 is 1. The summed E-state index contributed by atoms with van der Waals surface area (Å²) in [6.07, 6.45) is 1.36. The second-order valence-corrected chi connectivity index (χ2v) is 8.46. The molecule has 0 radical (unpaired) electrons. The summed E-state index contributed by atoms with van der Waals surface area (Å²) in [5, 5.41) is 15.7. The number of nitrogens with one attached hydrogen (secondary N) is 1. The maximum atomic E-state index is 13.9. The molecule has 0 unspecified atom stereocenters. The van der Waals surface area contributed by atoms with Crippen molar-refractivity contribution in [1.29, 1.82) is 0 Å². The fourth-order valence-electron chi connectivity index (χ4n) is 3.75. The van der Waals surface area contributed by atoms with E-state index in [4.69, 9.17) is 21.1 Å². The zero-order valence-electron chi connectivity index (χ0n) is 19.9. The number of rotatable bonds is 9. The number of hydrazone groups is 1. The minimum atomic E-state index is -1.96. The monoisotopic (exact) mass is 518 g/mol. The van der Waals surface area contributed by atoms with Crippen molar-refractivity contribution in [3.63, 3.8) is 0 Å². The molecule has 2 N–H and O–H groups in total. The average molecular weight is 519 g/mol. The summed E-state index contributed by atoms with van der Waals surface area (Å²) in [7, 11) is 1.45. The van der Waals surface area contributed by atoms with Crippen LogP contribution in [0.5, 0.6) is 11.5 Å². The third kappa shape index (κ3) is 5.80. The van der Waals surface area contributed by atoms with Gasteiger partial charge >= 0.3 is 0 Å². The maximum Gasteiger partial charge on any atom is 0.281 e. The van der Waals surface area contributed by atoms with Gasteiger partial charge < -0.3 is 14.6 Å². The highest BCUT2D eigenvalue weighted by molar-refractivity contribution is 6.32. The molecule has 0 aromatic heterocycles. The molecule has 0 saturated carbocycles. The zero-order valence-corrected chi connectivity index (χ0v) is 20.7. The number of ether oxygens (including phenoxy) is 2. The molecule has 188 valence electrons. The van der Waals surface area contributed by atoms with Crippen molar-refractivity contribution in [3.8, 4) is 11.5 Å². The Labute approximate surface area is 218 Å². The van der Waals surface area contributed by atoms with E-state index in [0.717, 1.165) is 0 Å². The topological polar surface area (TPSA) is 80.2 Å². The molecule has 0 fully saturated rings. The lowest BCUT2D eigenvalue weighted by Crippen LogP contribution is -2.43. The standard InChI is InChI=1S/C29H24ClFN2O4/c1-36-26-17-20(16-24(30)27(26)37-19-21-10-8-9-15-25(21)31)18-32-33-28(34)29(35,22-11-4-2-5-12-22)23-13-6-3-7-14-23/h2-18,35H,19H2,1H3,(H,33,34)/b32-18-. The minimum Gasteiger partial charge on any atom is -0.493 e. The van der Waals surface area contributed by atoms with Crippen LogP contribution < -0.4 is 14.9 Å². The van der Waals surface area contributed by atoms with Gasteiger partial charge in [0, 0.05) is 5.56 Å². The molecule has 8 heteroatoms. The molecule has 37 heavy (non-hydrogen) atoms. The number of hydrogen-bond acceptors (Lipinski definition) is 5. The van der Waals surface area contributed by atoms with Crippen molar-refractivity contribution < 1.29 is 23.8 Å². The minimum absolute atomic E-state index is 0.0379. The highest BCUT2D eigenvalue weighted by atomic mass is 35.5. The Morgan fingerprint density at radius 3 is 2.19 bits per heavy atom. The van der Waals surface area contributed by atoms with Crippen molar-refractivity contribution in [2.75, 3.05) is 7.11 Å². The summed E-state index contributed by atoms with van der Waals surface area (Å²) >= 11 is 6.41. The lowest BCUT2D eigenvalue weighted by Gasteiger charge is -2.27. The van der Waals surface area contributed by atoms with E-state index in [1.165, 1.54) is 19.4 Å². The smallest absolute Gasteiger partial charge is 0.281 e. The first kappa shape index (κ1) is 25.9. The number of nitrogens with zero attached hydrogens (tertiary/aromatic N) is 1. The molecule has 0 aliphatic rings. The maximum absolute atomic E-state index is 13.9. The first-order valence-electron chi connectivity index (χ1n) is 11.3. The van der Waals surface area contributed by atoms with Gasteiger partial charge in [-0.2, -0.15) is 5.10 Å². The van der Waals surface area contributed by atoms with E-state index in [0.29, 0.717) is 28.0 Å². The van der Waals surface area contributed by atoms with E-state index in [9.17, 15) is 14.3 Å². The van der Waals surface area contributed by atoms with Gasteiger partial charge in [0.15, 0.2) is 17.1 Å². The Hall–Kier alpha value is -4.20. The Bertz CT molecular complexity index is 1360. The summed E-state index contributed by atoms with van der Waals surface area (Å²) < 4.78 is 25.0. The third-order valence-corrected chi connectivity index (χ3v) is 5.95. The predicted molar refractivity (Wildman–Crippen MR) is 140 cm³/mol. The fourth-order valence-corrected chi connectivity index (χ4v) is 4.03. The fraction of sp³-hybridized carbons (Fsp3) is 0.103. The quantitative estimate of drug-likeness (QED) is 0.228. The van der Waals surface area contributed by atoms with Gasteiger partial charge in [-0.1, -0.05) is 90.5 Å². The lowest BCUT2D eigenvalue weighted by atomic mass is 9.85. The van der Waals surface area contributed by atoms with E-state index in [1.54, 1.807) is 91.0 Å². The van der Waals surface area contributed by atoms with Gasteiger partial charge in [-0.05, 0) is 34.9 Å². The van der Waals surface area contributed by atoms with Crippen LogP contribution in [-0.4, -0.2) is 24.3 Å². The number of aliphatic hydroxyl groups is 1. The number of carbonyl (C=O) groups excluding carboxylic acids is 1. The van der Waals surface area contributed by atoms with E-state index in [1.807, 2.05) is 0 Å². The van der Waals surface area contributed by atoms with Gasteiger partial charge in [0.2, 0.25) is 0 Å². The third-order valence-electron chi connectivity index (χ3n) is 5.67. The molecule has 4 aromatic carbocycles. The van der Waals surface area contributed by atoms with Gasteiger partial charge in [-0.25, -0.2) is 9.82 Å². The van der Waals surface area contributed by atoms with E-state index < -0.39 is 11.5 Å². The summed E-state index contributed by atoms with van der Waals surface area (Å²) in [5.74, 6) is -0.565. The van der Waals surface area contributed by atoms with Gasteiger partial charge in [0.25, 0.3) is 5.91 Å². The van der Waals surface area contributed by atoms with Gasteiger partial charge in [-0.3, -0.25) is 4.79 Å². The van der Waals surface area contributed by atoms with Crippen LogP contribution in [0.4, 0.5) is 4.39 Å². The first-order chi connectivity index (χ1) is 17.9. The van der Waals surface area contributed by atoms with Crippen LogP contribution >= 0.6 is 11.6 Å². The van der Waals surface area contributed by atoms with Crippen LogP contribution in [0.15, 0.2) is 102 Å². The molecule has 4 aromatic rings. The average Bonchev–Trinajstić information content (AvgIpc) is 2.93. The molecule has 0 aliphatic heterocycles. The number of carbonyl (C=O) groups is 1. The number of amides is 1. The van der Waals surface area contributed by atoms with E-state index in [2.05, 4.69) is 10.5 Å². The Morgan fingerprint density at radius 2 is 1.59 bits per heavy atom. The van der Waals surface area contributed by atoms with Crippen molar-refractivity contribution in [2.24, 2.45) is 5.10 Å². The molecule has 6 nitrogen and oxygen atoms in total. The first-order valence-corrected chi connectivity index (χ1v) is 11.7. The largest absolute Gasteiger partial charge is 0.493 e.